The number of hydrogen-bond acceptors (Lipinski definition) is 5. The van der Waals surface area contributed by atoms with Crippen LogP contribution < -0.4 is 0 Å². The molecule has 0 radical (unpaired) electrons. The van der Waals surface area contributed by atoms with Crippen LogP contribution in [0.2, 0.25) is 18.1 Å². The second-order valence-corrected chi connectivity index (χ2v) is 14.2. The quantitative estimate of drug-likeness (QED) is 0.110. The molecule has 0 saturated heterocycles. The highest BCUT2D eigenvalue weighted by molar-refractivity contribution is 7.87. The Morgan fingerprint density at radius 1 is 1.27 bits per heavy atom. The van der Waals surface area contributed by atoms with E-state index in [-0.39, 0.29) is 24.5 Å². The highest BCUT2D eigenvalue weighted by Gasteiger charge is 2.48. The molecule has 0 aromatic rings. The zero-order valence-electron chi connectivity index (χ0n) is 18.3. The maximum atomic E-state index is 12.4. The Morgan fingerprint density at radius 2 is 1.87 bits per heavy atom. The third-order valence-corrected chi connectivity index (χ3v) is 11.3. The Balaban J connectivity index is 2.47. The molecule has 3 atom stereocenters. The normalized spacial score (nSPS) is 21.4. The molecule has 1 aliphatic heterocycles. The maximum Gasteiger partial charge on any atom is 0.534 e. The van der Waals surface area contributed by atoms with Crippen LogP contribution in [0.25, 0.3) is 0 Å². The summed E-state index contributed by atoms with van der Waals surface area (Å²) in [6.07, 6.45) is 5.96. The van der Waals surface area contributed by atoms with Crippen molar-refractivity contribution in [1.82, 2.24) is 0 Å². The van der Waals surface area contributed by atoms with Gasteiger partial charge in [0.05, 0.1) is 12.2 Å². The van der Waals surface area contributed by atoms with Gasteiger partial charge in [-0.15, -0.1) is 0 Å². The molecule has 0 saturated carbocycles. The molecule has 0 aromatic carbocycles. The Hall–Kier alpha value is -0.843. The highest BCUT2D eigenvalue weighted by atomic mass is 32.2. The van der Waals surface area contributed by atoms with Crippen molar-refractivity contribution in [2.24, 2.45) is 5.92 Å². The first-order valence-corrected chi connectivity index (χ1v) is 14.5. The SMILES string of the molecule is C=C(C[C@H](C)C[C@@H]1C=CC[C@@H](CCO[Si](CC)(CC)CC)O1)OS(=O)(=O)C(F)(F)F. The molecule has 1 rings (SSSR count). The minimum Gasteiger partial charge on any atom is -0.417 e. The smallest absolute Gasteiger partial charge is 0.417 e. The third kappa shape index (κ3) is 8.36. The second-order valence-electron chi connectivity index (χ2n) is 7.91. The van der Waals surface area contributed by atoms with E-state index in [0.717, 1.165) is 31.0 Å². The van der Waals surface area contributed by atoms with E-state index in [1.165, 1.54) is 0 Å². The fraction of sp³-hybridized carbons (Fsp3) is 0.800. The molecule has 5 nitrogen and oxygen atoms in total. The van der Waals surface area contributed by atoms with Gasteiger partial charge in [-0.25, -0.2) is 0 Å². The molecular weight excluding hydrogens is 437 g/mol. The first kappa shape index (κ1) is 27.2. The lowest BCUT2D eigenvalue weighted by Gasteiger charge is -2.31. The predicted molar refractivity (Wildman–Crippen MR) is 114 cm³/mol. The average Bonchev–Trinajstić information content (AvgIpc) is 2.64. The van der Waals surface area contributed by atoms with Gasteiger partial charge in [-0.1, -0.05) is 46.4 Å². The number of rotatable bonds is 13. The Labute approximate surface area is 179 Å². The van der Waals surface area contributed by atoms with Crippen molar-refractivity contribution in [3.05, 3.63) is 24.5 Å². The van der Waals surface area contributed by atoms with Gasteiger partial charge in [0.25, 0.3) is 0 Å². The predicted octanol–water partition coefficient (Wildman–Crippen LogP) is 5.91. The molecule has 176 valence electrons. The fourth-order valence-electron chi connectivity index (χ4n) is 3.62. The summed E-state index contributed by atoms with van der Waals surface area (Å²) < 4.78 is 75.8. The summed E-state index contributed by atoms with van der Waals surface area (Å²) in [5.41, 5.74) is -5.46. The summed E-state index contributed by atoms with van der Waals surface area (Å²) in [4.78, 5) is 0. The first-order chi connectivity index (χ1) is 13.9. The van der Waals surface area contributed by atoms with Crippen LogP contribution in [0.5, 0.6) is 0 Å². The number of alkyl halides is 3. The van der Waals surface area contributed by atoms with E-state index < -0.39 is 29.7 Å². The van der Waals surface area contributed by atoms with Gasteiger partial charge >= 0.3 is 15.6 Å². The molecule has 1 aliphatic rings. The first-order valence-electron chi connectivity index (χ1n) is 10.5. The van der Waals surface area contributed by atoms with Crippen LogP contribution in [0, 0.1) is 5.92 Å². The maximum absolute atomic E-state index is 12.4. The van der Waals surface area contributed by atoms with E-state index >= 15 is 0 Å². The molecule has 0 amide bonds. The number of halogens is 3. The van der Waals surface area contributed by atoms with Gasteiger partial charge < -0.3 is 13.3 Å². The van der Waals surface area contributed by atoms with Crippen LogP contribution in [0.3, 0.4) is 0 Å². The third-order valence-electron chi connectivity index (χ3n) is 5.62. The molecule has 30 heavy (non-hydrogen) atoms. The molecule has 1 heterocycles. The van der Waals surface area contributed by atoms with Gasteiger partial charge in [-0.2, -0.15) is 21.6 Å². The van der Waals surface area contributed by atoms with Crippen molar-refractivity contribution in [1.29, 1.82) is 0 Å². The van der Waals surface area contributed by atoms with Crippen LogP contribution in [-0.2, 0) is 23.5 Å². The minimum absolute atomic E-state index is 0.00555. The van der Waals surface area contributed by atoms with Crippen molar-refractivity contribution in [3.8, 4) is 0 Å². The molecule has 0 fully saturated rings. The number of allylic oxidation sites excluding steroid dienone is 1. The van der Waals surface area contributed by atoms with Crippen molar-refractivity contribution in [3.63, 3.8) is 0 Å². The van der Waals surface area contributed by atoms with Crippen LogP contribution >= 0.6 is 0 Å². The summed E-state index contributed by atoms with van der Waals surface area (Å²) in [7, 11) is -7.29. The average molecular weight is 473 g/mol. The summed E-state index contributed by atoms with van der Waals surface area (Å²) in [5, 5.41) is 0. The molecule has 10 heteroatoms. The summed E-state index contributed by atoms with van der Waals surface area (Å²) in [5.74, 6) is -0.588. The Bertz CT molecular complexity index is 666. The molecule has 0 bridgehead atoms. The lowest BCUT2D eigenvalue weighted by atomic mass is 9.97. The van der Waals surface area contributed by atoms with Crippen LogP contribution in [0.15, 0.2) is 24.5 Å². The summed E-state index contributed by atoms with van der Waals surface area (Å²) >= 11 is 0. The van der Waals surface area contributed by atoms with E-state index in [2.05, 4.69) is 37.6 Å². The standard InChI is InChI=1S/C20H35F3O5SSi/c1-6-30(7-2,8-3)26-13-12-18-10-9-11-19(27-18)15-16(4)14-17(5)28-29(24,25)20(21,22)23/h9,11,16,18-19H,5-8,10,12-15H2,1-4H3/t16-,18-,19-/m0/s1. The molecule has 0 N–H and O–H groups in total. The van der Waals surface area contributed by atoms with Crippen LogP contribution in [0.4, 0.5) is 13.2 Å². The summed E-state index contributed by atoms with van der Waals surface area (Å²) in [6, 6.07) is 3.30. The highest BCUT2D eigenvalue weighted by Crippen LogP contribution is 2.29. The second kappa shape index (κ2) is 11.7. The monoisotopic (exact) mass is 472 g/mol. The zero-order chi connectivity index (χ0) is 23.0. The minimum atomic E-state index is -5.67. The van der Waals surface area contributed by atoms with Gasteiger partial charge in [-0.05, 0) is 43.3 Å². The Morgan fingerprint density at radius 3 is 2.40 bits per heavy atom. The van der Waals surface area contributed by atoms with Crippen LogP contribution in [0.1, 0.15) is 53.4 Å². The van der Waals surface area contributed by atoms with E-state index in [4.69, 9.17) is 9.16 Å². The van der Waals surface area contributed by atoms with Crippen LogP contribution in [-0.4, -0.2) is 41.1 Å². The van der Waals surface area contributed by atoms with E-state index in [9.17, 15) is 21.6 Å². The van der Waals surface area contributed by atoms with Crippen molar-refractivity contribution < 1.29 is 34.9 Å². The van der Waals surface area contributed by atoms with Gasteiger partial charge in [0.1, 0.15) is 5.76 Å². The molecule has 0 unspecified atom stereocenters. The Kier molecular flexibility index (Phi) is 10.6. The molecule has 0 spiro atoms. The van der Waals surface area contributed by atoms with Gasteiger partial charge in [0.15, 0.2) is 8.32 Å². The van der Waals surface area contributed by atoms with Crippen molar-refractivity contribution in [2.75, 3.05) is 6.61 Å². The van der Waals surface area contributed by atoms with E-state index in [1.54, 1.807) is 6.92 Å². The van der Waals surface area contributed by atoms with Gasteiger partial charge in [0.2, 0.25) is 0 Å². The van der Waals surface area contributed by atoms with E-state index in [0.29, 0.717) is 13.0 Å². The zero-order valence-corrected chi connectivity index (χ0v) is 20.2. The lowest BCUT2D eigenvalue weighted by molar-refractivity contribution is -0.0525. The molecule has 0 aromatic heterocycles. The fourth-order valence-corrected chi connectivity index (χ4v) is 6.75. The number of hydrogen-bond donors (Lipinski definition) is 0. The molecule has 0 aliphatic carbocycles. The molecular formula is C20H35F3O5SSi. The lowest BCUT2D eigenvalue weighted by Crippen LogP contribution is -2.37. The van der Waals surface area contributed by atoms with Gasteiger partial charge in [-0.3, -0.25) is 0 Å². The number of ether oxygens (including phenoxy) is 1. The topological polar surface area (TPSA) is 61.8 Å². The van der Waals surface area contributed by atoms with E-state index in [1.807, 2.05) is 6.08 Å². The van der Waals surface area contributed by atoms with Gasteiger partial charge in [0, 0.05) is 13.0 Å². The van der Waals surface area contributed by atoms with Crippen molar-refractivity contribution in [2.45, 2.75) is 89.2 Å². The largest absolute Gasteiger partial charge is 0.534 e. The summed E-state index contributed by atoms with van der Waals surface area (Å²) in [6.45, 7) is 12.3. The van der Waals surface area contributed by atoms with Crippen molar-refractivity contribution >= 4 is 18.4 Å².